The number of benzene rings is 2. The van der Waals surface area contributed by atoms with Crippen LogP contribution in [0.25, 0.3) is 11.4 Å². The first kappa shape index (κ1) is 19.1. The Bertz CT molecular complexity index is 1050. The van der Waals surface area contributed by atoms with E-state index in [1.54, 1.807) is 31.4 Å². The van der Waals surface area contributed by atoms with Gasteiger partial charge in [0, 0.05) is 42.0 Å². The van der Waals surface area contributed by atoms with Gasteiger partial charge in [0.15, 0.2) is 5.82 Å². The lowest BCUT2D eigenvalue weighted by Crippen LogP contribution is -2.33. The summed E-state index contributed by atoms with van der Waals surface area (Å²) in [4.78, 5) is 24.2. The van der Waals surface area contributed by atoms with Gasteiger partial charge in [0.1, 0.15) is 11.6 Å². The fraction of sp³-hybridized carbons (Fsp3) is 0.261. The Morgan fingerprint density at radius 1 is 1.07 bits per heavy atom. The molecule has 0 atom stereocenters. The number of hydrogen-bond acceptors (Lipinski definition) is 4. The van der Waals surface area contributed by atoms with E-state index in [9.17, 15) is 9.18 Å². The summed E-state index contributed by atoms with van der Waals surface area (Å²) in [6, 6.07) is 13.4. The Kier molecular flexibility index (Phi) is 5.25. The number of aromatic nitrogens is 2. The molecule has 2 heterocycles. The van der Waals surface area contributed by atoms with Crippen LogP contribution in [0.5, 0.6) is 5.75 Å². The normalized spacial score (nSPS) is 13.6. The maximum atomic E-state index is 13.2. The topological polar surface area (TPSA) is 55.3 Å². The lowest BCUT2D eigenvalue weighted by atomic mass is 10.1. The van der Waals surface area contributed by atoms with Crippen LogP contribution in [-0.2, 0) is 12.8 Å². The third-order valence-corrected chi connectivity index (χ3v) is 5.26. The zero-order valence-electron chi connectivity index (χ0n) is 16.5. The fourth-order valence-electron chi connectivity index (χ4n) is 3.66. The predicted molar refractivity (Wildman–Crippen MR) is 108 cm³/mol. The molecule has 5 nitrogen and oxygen atoms in total. The molecule has 1 amide bonds. The van der Waals surface area contributed by atoms with Crippen LogP contribution in [0.15, 0.2) is 48.5 Å². The van der Waals surface area contributed by atoms with Crippen molar-refractivity contribution in [3.63, 3.8) is 0 Å². The molecule has 0 saturated heterocycles. The number of ether oxygens (including phenoxy) is 1. The van der Waals surface area contributed by atoms with Crippen molar-refractivity contribution in [1.82, 2.24) is 14.9 Å². The molecule has 0 N–H and O–H groups in total. The minimum Gasteiger partial charge on any atom is -0.497 e. The number of methoxy groups -OCH3 is 1. The molecule has 29 heavy (non-hydrogen) atoms. The van der Waals surface area contributed by atoms with E-state index in [4.69, 9.17) is 9.72 Å². The van der Waals surface area contributed by atoms with E-state index in [1.807, 2.05) is 24.0 Å². The van der Waals surface area contributed by atoms with Crippen LogP contribution in [0.3, 0.4) is 0 Å². The van der Waals surface area contributed by atoms with E-state index < -0.39 is 0 Å². The van der Waals surface area contributed by atoms with Crippen molar-refractivity contribution >= 4 is 5.91 Å². The minimum atomic E-state index is -0.285. The van der Waals surface area contributed by atoms with E-state index in [0.29, 0.717) is 43.1 Å². The highest BCUT2D eigenvalue weighted by Crippen LogP contribution is 2.23. The van der Waals surface area contributed by atoms with Crippen molar-refractivity contribution in [3.8, 4) is 17.1 Å². The first-order valence-corrected chi connectivity index (χ1v) is 9.61. The first-order chi connectivity index (χ1) is 14.0. The van der Waals surface area contributed by atoms with Gasteiger partial charge in [-0.3, -0.25) is 4.79 Å². The second kappa shape index (κ2) is 7.99. The average Bonchev–Trinajstić information content (AvgIpc) is 2.97. The third kappa shape index (κ3) is 3.97. The molecule has 0 bridgehead atoms. The molecule has 1 aromatic heterocycles. The molecule has 0 radical (unpaired) electrons. The van der Waals surface area contributed by atoms with Crippen molar-refractivity contribution < 1.29 is 13.9 Å². The molecule has 1 aliphatic rings. The number of carbonyl (C=O) groups is 1. The van der Waals surface area contributed by atoms with Gasteiger partial charge in [0.05, 0.1) is 7.11 Å². The summed E-state index contributed by atoms with van der Waals surface area (Å²) in [6.07, 6.45) is 1.36. The second-order valence-electron chi connectivity index (χ2n) is 7.09. The summed E-state index contributed by atoms with van der Waals surface area (Å²) >= 11 is 0. The zero-order valence-corrected chi connectivity index (χ0v) is 16.5. The van der Waals surface area contributed by atoms with Gasteiger partial charge in [-0.15, -0.1) is 0 Å². The number of carbonyl (C=O) groups excluding carboxylic acids is 1. The molecule has 4 rings (SSSR count). The minimum absolute atomic E-state index is 0.0129. The molecule has 0 spiro atoms. The van der Waals surface area contributed by atoms with Gasteiger partial charge in [0.25, 0.3) is 5.91 Å². The number of fused-ring (bicyclic) bond motifs is 1. The number of amides is 1. The van der Waals surface area contributed by atoms with Gasteiger partial charge < -0.3 is 9.64 Å². The summed E-state index contributed by atoms with van der Waals surface area (Å²) < 4.78 is 18.5. The smallest absolute Gasteiger partial charge is 0.254 e. The van der Waals surface area contributed by atoms with Crippen LogP contribution in [0.4, 0.5) is 4.39 Å². The Balaban J connectivity index is 1.58. The highest BCUT2D eigenvalue weighted by molar-refractivity contribution is 5.94. The Morgan fingerprint density at radius 2 is 1.83 bits per heavy atom. The predicted octanol–water partition coefficient (Wildman–Crippen LogP) is 3.84. The van der Waals surface area contributed by atoms with E-state index in [2.05, 4.69) is 4.98 Å². The van der Waals surface area contributed by atoms with Gasteiger partial charge >= 0.3 is 0 Å². The average molecular weight is 391 g/mol. The van der Waals surface area contributed by atoms with Gasteiger partial charge in [0.2, 0.25) is 0 Å². The molecule has 3 aromatic rings. The molecule has 1 aliphatic heterocycles. The lowest BCUT2D eigenvalue weighted by Gasteiger charge is -2.20. The maximum absolute atomic E-state index is 13.2. The number of nitrogens with zero attached hydrogens (tertiary/aromatic N) is 3. The van der Waals surface area contributed by atoms with Crippen LogP contribution in [0.2, 0.25) is 0 Å². The summed E-state index contributed by atoms with van der Waals surface area (Å²) in [6.45, 7) is 3.17. The zero-order chi connectivity index (χ0) is 20.4. The summed E-state index contributed by atoms with van der Waals surface area (Å²) in [5.41, 5.74) is 4.36. The molecule has 0 aliphatic carbocycles. The van der Waals surface area contributed by atoms with Crippen LogP contribution in [0, 0.1) is 12.7 Å². The second-order valence-corrected chi connectivity index (χ2v) is 7.09. The summed E-state index contributed by atoms with van der Waals surface area (Å²) in [7, 11) is 1.59. The largest absolute Gasteiger partial charge is 0.497 e. The Labute approximate surface area is 169 Å². The van der Waals surface area contributed by atoms with Gasteiger partial charge in [-0.05, 0) is 61.4 Å². The van der Waals surface area contributed by atoms with Gasteiger partial charge in [-0.25, -0.2) is 14.4 Å². The van der Waals surface area contributed by atoms with E-state index in [-0.39, 0.29) is 11.7 Å². The lowest BCUT2D eigenvalue weighted by molar-refractivity contribution is 0.0762. The Morgan fingerprint density at radius 3 is 2.59 bits per heavy atom. The third-order valence-electron chi connectivity index (χ3n) is 5.26. The van der Waals surface area contributed by atoms with Crippen LogP contribution < -0.4 is 4.74 Å². The van der Waals surface area contributed by atoms with E-state index in [1.165, 1.54) is 12.1 Å². The SMILES string of the molecule is COc1cccc(C(=O)N2CCc3nc(-c4ccc(F)cc4)nc(C)c3CC2)c1. The van der Waals surface area contributed by atoms with Gasteiger partial charge in [-0.1, -0.05) is 6.07 Å². The highest BCUT2D eigenvalue weighted by Gasteiger charge is 2.23. The summed E-state index contributed by atoms with van der Waals surface area (Å²) in [5.74, 6) is 0.960. The van der Waals surface area contributed by atoms with Crippen LogP contribution in [-0.4, -0.2) is 41.0 Å². The number of rotatable bonds is 3. The quantitative estimate of drug-likeness (QED) is 0.681. The molecule has 6 heteroatoms. The Hall–Kier alpha value is -3.28. The molecule has 0 fully saturated rings. The number of halogens is 1. The van der Waals surface area contributed by atoms with Crippen molar-refractivity contribution in [2.75, 3.05) is 20.2 Å². The number of aryl methyl sites for hydroxylation is 1. The molecule has 2 aromatic carbocycles. The van der Waals surface area contributed by atoms with E-state index in [0.717, 1.165) is 22.5 Å². The molecular weight excluding hydrogens is 369 g/mol. The number of hydrogen-bond donors (Lipinski definition) is 0. The molecule has 0 saturated carbocycles. The monoisotopic (exact) mass is 391 g/mol. The van der Waals surface area contributed by atoms with Crippen molar-refractivity contribution in [1.29, 1.82) is 0 Å². The molecular formula is C23H22FN3O2. The fourth-order valence-corrected chi connectivity index (χ4v) is 3.66. The maximum Gasteiger partial charge on any atom is 0.254 e. The van der Waals surface area contributed by atoms with Crippen molar-refractivity contribution in [3.05, 3.63) is 76.9 Å². The first-order valence-electron chi connectivity index (χ1n) is 9.61. The standard InChI is InChI=1S/C23H22FN3O2/c1-15-20-10-12-27(23(28)17-4-3-5-19(14-17)29-2)13-11-21(20)26-22(25-15)16-6-8-18(24)9-7-16/h3-9,14H,10-13H2,1-2H3. The molecule has 148 valence electrons. The van der Waals surface area contributed by atoms with Crippen molar-refractivity contribution in [2.24, 2.45) is 0 Å². The highest BCUT2D eigenvalue weighted by atomic mass is 19.1. The van der Waals surface area contributed by atoms with Gasteiger partial charge in [-0.2, -0.15) is 0 Å². The van der Waals surface area contributed by atoms with Crippen molar-refractivity contribution in [2.45, 2.75) is 19.8 Å². The van der Waals surface area contributed by atoms with Crippen LogP contribution in [0.1, 0.15) is 27.3 Å². The van der Waals surface area contributed by atoms with E-state index >= 15 is 0 Å². The van der Waals surface area contributed by atoms with Crippen LogP contribution >= 0.6 is 0 Å². The molecule has 0 unspecified atom stereocenters. The summed E-state index contributed by atoms with van der Waals surface area (Å²) in [5, 5.41) is 0.